The van der Waals surface area contributed by atoms with E-state index in [1.165, 1.54) is 5.56 Å². The predicted molar refractivity (Wildman–Crippen MR) is 78.3 cm³/mol. The molecule has 0 saturated heterocycles. The monoisotopic (exact) mass is 269 g/mol. The summed E-state index contributed by atoms with van der Waals surface area (Å²) in [5.41, 5.74) is 8.28. The van der Waals surface area contributed by atoms with E-state index in [1.54, 1.807) is 14.2 Å². The van der Waals surface area contributed by atoms with Gasteiger partial charge in [0.25, 0.3) is 0 Å². The van der Waals surface area contributed by atoms with E-state index in [-0.39, 0.29) is 6.04 Å². The van der Waals surface area contributed by atoms with Crippen molar-refractivity contribution >= 4 is 11.8 Å². The summed E-state index contributed by atoms with van der Waals surface area (Å²) in [4.78, 5) is 0. The van der Waals surface area contributed by atoms with E-state index >= 15 is 0 Å². The van der Waals surface area contributed by atoms with Gasteiger partial charge < -0.3 is 15.2 Å². The lowest BCUT2D eigenvalue weighted by Crippen LogP contribution is -2.05. The molecule has 1 aromatic rings. The van der Waals surface area contributed by atoms with Gasteiger partial charge in [0.2, 0.25) is 0 Å². The number of ether oxygens (including phenoxy) is 2. The maximum atomic E-state index is 5.90. The summed E-state index contributed by atoms with van der Waals surface area (Å²) in [5, 5.41) is 0. The van der Waals surface area contributed by atoms with Crippen molar-refractivity contribution in [1.82, 2.24) is 0 Å². The molecule has 3 nitrogen and oxygen atoms in total. The first-order chi connectivity index (χ1) is 8.69. The third-order valence-corrected chi connectivity index (χ3v) is 3.82. The Balaban J connectivity index is 2.58. The fourth-order valence-electron chi connectivity index (χ4n) is 1.68. The van der Waals surface area contributed by atoms with Gasteiger partial charge in [0.1, 0.15) is 5.75 Å². The standard InChI is InChI=1S/C14H23NO2S/c1-11(15)12-5-6-14(17-3)13(9-12)10-18-8-4-7-16-2/h5-6,9,11H,4,7-8,10,15H2,1-3H3. The van der Waals surface area contributed by atoms with Crippen LogP contribution < -0.4 is 10.5 Å². The molecule has 1 unspecified atom stereocenters. The number of thioether (sulfide) groups is 1. The predicted octanol–water partition coefficient (Wildman–Crippen LogP) is 2.98. The second kappa shape index (κ2) is 8.40. The lowest BCUT2D eigenvalue weighted by molar-refractivity contribution is 0.200. The summed E-state index contributed by atoms with van der Waals surface area (Å²) in [7, 11) is 3.44. The highest BCUT2D eigenvalue weighted by atomic mass is 32.2. The van der Waals surface area contributed by atoms with Crippen LogP contribution in [0, 0.1) is 0 Å². The topological polar surface area (TPSA) is 44.5 Å². The SMILES string of the molecule is COCCCSCc1cc(C(C)N)ccc1OC. The van der Waals surface area contributed by atoms with Gasteiger partial charge >= 0.3 is 0 Å². The molecule has 0 spiro atoms. The minimum Gasteiger partial charge on any atom is -0.496 e. The molecule has 0 radical (unpaired) electrons. The van der Waals surface area contributed by atoms with E-state index in [2.05, 4.69) is 6.07 Å². The molecule has 0 aliphatic rings. The summed E-state index contributed by atoms with van der Waals surface area (Å²) >= 11 is 1.90. The van der Waals surface area contributed by atoms with Gasteiger partial charge in [0.15, 0.2) is 0 Å². The van der Waals surface area contributed by atoms with Crippen LogP contribution in [-0.4, -0.2) is 26.6 Å². The average Bonchev–Trinajstić information content (AvgIpc) is 2.38. The summed E-state index contributed by atoms with van der Waals surface area (Å²) in [6, 6.07) is 6.24. The summed E-state index contributed by atoms with van der Waals surface area (Å²) < 4.78 is 10.4. The molecule has 1 atom stereocenters. The van der Waals surface area contributed by atoms with Gasteiger partial charge in [-0.3, -0.25) is 0 Å². The minimum absolute atomic E-state index is 0.0631. The fraction of sp³-hybridized carbons (Fsp3) is 0.571. The van der Waals surface area contributed by atoms with E-state index in [0.717, 1.165) is 35.8 Å². The number of rotatable bonds is 8. The van der Waals surface area contributed by atoms with Crippen molar-refractivity contribution in [1.29, 1.82) is 0 Å². The largest absolute Gasteiger partial charge is 0.496 e. The first-order valence-corrected chi connectivity index (χ1v) is 7.33. The molecule has 102 valence electrons. The highest BCUT2D eigenvalue weighted by molar-refractivity contribution is 7.98. The second-order valence-corrected chi connectivity index (χ2v) is 5.36. The van der Waals surface area contributed by atoms with Crippen LogP contribution in [0.2, 0.25) is 0 Å². The lowest BCUT2D eigenvalue weighted by atomic mass is 10.1. The number of benzene rings is 1. The van der Waals surface area contributed by atoms with Crippen LogP contribution in [0.1, 0.15) is 30.5 Å². The molecule has 0 heterocycles. The summed E-state index contributed by atoms with van der Waals surface area (Å²) in [5.74, 6) is 2.99. The summed E-state index contributed by atoms with van der Waals surface area (Å²) in [6.45, 7) is 2.82. The lowest BCUT2D eigenvalue weighted by Gasteiger charge is -2.12. The van der Waals surface area contributed by atoms with Crippen molar-refractivity contribution in [2.75, 3.05) is 26.6 Å². The van der Waals surface area contributed by atoms with E-state index in [9.17, 15) is 0 Å². The molecular formula is C14H23NO2S. The molecule has 0 aliphatic carbocycles. The fourth-order valence-corrected chi connectivity index (χ4v) is 2.59. The van der Waals surface area contributed by atoms with Crippen LogP contribution in [0.3, 0.4) is 0 Å². The Hall–Kier alpha value is -0.710. The minimum atomic E-state index is 0.0631. The first kappa shape index (κ1) is 15.3. The molecule has 0 bridgehead atoms. The van der Waals surface area contributed by atoms with E-state index < -0.39 is 0 Å². The van der Waals surface area contributed by atoms with Gasteiger partial charge in [0.05, 0.1) is 7.11 Å². The van der Waals surface area contributed by atoms with Crippen molar-refractivity contribution in [3.8, 4) is 5.75 Å². The van der Waals surface area contributed by atoms with Crippen molar-refractivity contribution in [3.63, 3.8) is 0 Å². The van der Waals surface area contributed by atoms with Gasteiger partial charge in [0, 0.05) is 31.1 Å². The Bertz CT molecular complexity index is 356. The second-order valence-electron chi connectivity index (χ2n) is 4.26. The van der Waals surface area contributed by atoms with Gasteiger partial charge in [-0.05, 0) is 36.8 Å². The molecule has 2 N–H and O–H groups in total. The molecule has 18 heavy (non-hydrogen) atoms. The van der Waals surface area contributed by atoms with Gasteiger partial charge in [-0.15, -0.1) is 0 Å². The Kier molecular flexibility index (Phi) is 7.16. The third kappa shape index (κ3) is 4.88. The van der Waals surface area contributed by atoms with E-state index in [4.69, 9.17) is 15.2 Å². The molecule has 0 fully saturated rings. The highest BCUT2D eigenvalue weighted by Crippen LogP contribution is 2.26. The highest BCUT2D eigenvalue weighted by Gasteiger charge is 2.07. The van der Waals surface area contributed by atoms with Gasteiger partial charge in [-0.1, -0.05) is 6.07 Å². The van der Waals surface area contributed by atoms with Gasteiger partial charge in [-0.2, -0.15) is 11.8 Å². The quantitative estimate of drug-likeness (QED) is 0.737. The zero-order valence-corrected chi connectivity index (χ0v) is 12.3. The van der Waals surface area contributed by atoms with Crippen LogP contribution in [0.4, 0.5) is 0 Å². The third-order valence-electron chi connectivity index (χ3n) is 2.72. The number of hydrogen-bond acceptors (Lipinski definition) is 4. The first-order valence-electron chi connectivity index (χ1n) is 6.18. The average molecular weight is 269 g/mol. The Morgan fingerprint density at radius 3 is 2.72 bits per heavy atom. The Labute approximate surface area is 114 Å². The van der Waals surface area contributed by atoms with E-state index in [0.29, 0.717) is 0 Å². The van der Waals surface area contributed by atoms with Crippen LogP contribution in [0.25, 0.3) is 0 Å². The zero-order chi connectivity index (χ0) is 13.4. The molecule has 0 amide bonds. The Morgan fingerprint density at radius 2 is 2.11 bits per heavy atom. The maximum Gasteiger partial charge on any atom is 0.122 e. The van der Waals surface area contributed by atoms with Crippen molar-refractivity contribution < 1.29 is 9.47 Å². The maximum absolute atomic E-state index is 5.90. The smallest absolute Gasteiger partial charge is 0.122 e. The number of methoxy groups -OCH3 is 2. The molecule has 1 aromatic carbocycles. The van der Waals surface area contributed by atoms with Gasteiger partial charge in [-0.25, -0.2) is 0 Å². The van der Waals surface area contributed by atoms with Crippen LogP contribution in [0.5, 0.6) is 5.75 Å². The molecule has 4 heteroatoms. The van der Waals surface area contributed by atoms with Crippen LogP contribution in [-0.2, 0) is 10.5 Å². The van der Waals surface area contributed by atoms with Crippen molar-refractivity contribution in [2.45, 2.75) is 25.1 Å². The number of hydrogen-bond donors (Lipinski definition) is 1. The molecular weight excluding hydrogens is 246 g/mol. The zero-order valence-electron chi connectivity index (χ0n) is 11.4. The molecule has 0 saturated carbocycles. The molecule has 1 rings (SSSR count). The Morgan fingerprint density at radius 1 is 1.33 bits per heavy atom. The van der Waals surface area contributed by atoms with Crippen LogP contribution in [0.15, 0.2) is 18.2 Å². The van der Waals surface area contributed by atoms with Crippen molar-refractivity contribution in [3.05, 3.63) is 29.3 Å². The number of nitrogens with two attached hydrogens (primary N) is 1. The van der Waals surface area contributed by atoms with E-state index in [1.807, 2.05) is 30.8 Å². The normalized spacial score (nSPS) is 12.4. The molecule has 0 aromatic heterocycles. The summed E-state index contributed by atoms with van der Waals surface area (Å²) in [6.07, 6.45) is 1.08. The van der Waals surface area contributed by atoms with Crippen molar-refractivity contribution in [2.24, 2.45) is 5.73 Å². The van der Waals surface area contributed by atoms with Crippen LogP contribution >= 0.6 is 11.8 Å². The molecule has 0 aliphatic heterocycles.